The predicted octanol–water partition coefficient (Wildman–Crippen LogP) is 10.3. The standard InChI is InChI=1S/C44H41F2N5.H3N/c1-2-3-8-21-44(47,24-34-22-38-36-9-4-6-11-40(36)50(42(38)26-48-34)28-30-13-17-32(45)18-14-30)25-35-23-39-37-10-5-7-12-41(37)51(43(39)27-49-35)29-31-15-19-33(46)20-16-31;/h4-7,9-20,22-23,26-27H,2-3,8,21,24-25,28-29,47H2,1H3;1H3. The molecule has 0 amide bonds. The first-order valence-corrected chi connectivity index (χ1v) is 17.9. The minimum Gasteiger partial charge on any atom is -0.344 e. The quantitative estimate of drug-likeness (QED) is 0.124. The van der Waals surface area contributed by atoms with Crippen molar-refractivity contribution in [3.63, 3.8) is 0 Å². The van der Waals surface area contributed by atoms with Crippen molar-refractivity contribution in [3.8, 4) is 0 Å². The first kappa shape index (κ1) is 35.0. The van der Waals surface area contributed by atoms with Crippen molar-refractivity contribution in [1.82, 2.24) is 25.3 Å². The minimum absolute atomic E-state index is 0. The molecule has 0 atom stereocenters. The monoisotopic (exact) mass is 694 g/mol. The molecule has 0 saturated carbocycles. The van der Waals surface area contributed by atoms with Crippen molar-refractivity contribution in [2.45, 2.75) is 64.1 Å². The fraction of sp³-hybridized carbons (Fsp3) is 0.227. The van der Waals surface area contributed by atoms with Crippen LogP contribution in [0.15, 0.2) is 122 Å². The van der Waals surface area contributed by atoms with E-state index in [1.807, 2.05) is 36.7 Å². The molecule has 0 aliphatic carbocycles. The van der Waals surface area contributed by atoms with E-state index >= 15 is 0 Å². The average molecular weight is 695 g/mol. The molecule has 4 aromatic heterocycles. The second-order valence-electron chi connectivity index (χ2n) is 14.0. The van der Waals surface area contributed by atoms with Crippen LogP contribution in [0.4, 0.5) is 8.78 Å². The van der Waals surface area contributed by atoms with Crippen molar-refractivity contribution in [1.29, 1.82) is 0 Å². The van der Waals surface area contributed by atoms with Crippen LogP contribution in [0, 0.1) is 11.6 Å². The molecule has 8 heteroatoms. The lowest BCUT2D eigenvalue weighted by Gasteiger charge is -2.29. The first-order valence-electron chi connectivity index (χ1n) is 17.9. The number of para-hydroxylation sites is 2. The number of nitrogens with zero attached hydrogens (tertiary/aromatic N) is 4. The van der Waals surface area contributed by atoms with Crippen LogP contribution in [0.25, 0.3) is 43.6 Å². The number of fused-ring (bicyclic) bond motifs is 6. The lowest BCUT2D eigenvalue weighted by atomic mass is 9.83. The summed E-state index contributed by atoms with van der Waals surface area (Å²) in [6.07, 6.45) is 9.32. The molecule has 6 nitrogen and oxygen atoms in total. The van der Waals surface area contributed by atoms with Crippen LogP contribution < -0.4 is 11.9 Å². The molecule has 0 aliphatic heterocycles. The highest BCUT2D eigenvalue weighted by atomic mass is 19.1. The lowest BCUT2D eigenvalue weighted by molar-refractivity contribution is 0.365. The zero-order valence-electron chi connectivity index (χ0n) is 29.5. The Kier molecular flexibility index (Phi) is 9.86. The van der Waals surface area contributed by atoms with Gasteiger partial charge in [0, 0.05) is 75.4 Å². The Morgan fingerprint density at radius 3 is 1.46 bits per heavy atom. The van der Waals surface area contributed by atoms with Crippen molar-refractivity contribution in [2.75, 3.05) is 0 Å². The number of aromatic nitrogens is 4. The van der Waals surface area contributed by atoms with Crippen LogP contribution in [0.1, 0.15) is 55.1 Å². The molecule has 0 saturated heterocycles. The van der Waals surface area contributed by atoms with Gasteiger partial charge < -0.3 is 21.0 Å². The third-order valence-corrected chi connectivity index (χ3v) is 10.3. The number of nitrogens with two attached hydrogens (primary N) is 1. The maximum absolute atomic E-state index is 13.7. The van der Waals surface area contributed by atoms with Gasteiger partial charge in [-0.2, -0.15) is 0 Å². The molecule has 0 unspecified atom stereocenters. The Bertz CT molecular complexity index is 2310. The van der Waals surface area contributed by atoms with E-state index in [2.05, 4.69) is 76.7 Å². The minimum atomic E-state index is -0.546. The van der Waals surface area contributed by atoms with Gasteiger partial charge in [-0.25, -0.2) is 8.78 Å². The third-order valence-electron chi connectivity index (χ3n) is 10.3. The number of hydrogen-bond acceptors (Lipinski definition) is 4. The second kappa shape index (κ2) is 14.7. The zero-order valence-corrected chi connectivity index (χ0v) is 29.5. The van der Waals surface area contributed by atoms with Gasteiger partial charge in [-0.05, 0) is 66.1 Å². The smallest absolute Gasteiger partial charge is 0.123 e. The van der Waals surface area contributed by atoms with Crippen molar-refractivity contribution in [3.05, 3.63) is 156 Å². The number of benzene rings is 4. The molecule has 0 radical (unpaired) electrons. The van der Waals surface area contributed by atoms with Gasteiger partial charge in [0.05, 0.1) is 23.4 Å². The van der Waals surface area contributed by atoms with E-state index in [4.69, 9.17) is 15.7 Å². The van der Waals surface area contributed by atoms with E-state index in [1.165, 1.54) is 24.3 Å². The lowest BCUT2D eigenvalue weighted by Crippen LogP contribution is -2.44. The van der Waals surface area contributed by atoms with Crippen LogP contribution in [0.3, 0.4) is 0 Å². The van der Waals surface area contributed by atoms with E-state index in [1.54, 1.807) is 0 Å². The molecule has 52 heavy (non-hydrogen) atoms. The summed E-state index contributed by atoms with van der Waals surface area (Å²) < 4.78 is 31.8. The van der Waals surface area contributed by atoms with E-state index < -0.39 is 5.54 Å². The van der Waals surface area contributed by atoms with Gasteiger partial charge >= 0.3 is 0 Å². The second-order valence-corrected chi connectivity index (χ2v) is 14.0. The summed E-state index contributed by atoms with van der Waals surface area (Å²) in [6, 6.07) is 34.7. The summed E-state index contributed by atoms with van der Waals surface area (Å²) in [7, 11) is 0. The predicted molar refractivity (Wildman–Crippen MR) is 209 cm³/mol. The van der Waals surface area contributed by atoms with Crippen LogP contribution in [0.2, 0.25) is 0 Å². The first-order chi connectivity index (χ1) is 24.9. The van der Waals surface area contributed by atoms with Crippen LogP contribution >= 0.6 is 0 Å². The number of pyridine rings is 2. The molecule has 8 rings (SSSR count). The van der Waals surface area contributed by atoms with E-state index in [0.717, 1.165) is 91.8 Å². The molecule has 264 valence electrons. The topological polar surface area (TPSA) is 96.7 Å². The number of hydrogen-bond donors (Lipinski definition) is 2. The molecule has 0 fully saturated rings. The van der Waals surface area contributed by atoms with Gasteiger partial charge in [-0.1, -0.05) is 86.8 Å². The molecule has 5 N–H and O–H groups in total. The zero-order chi connectivity index (χ0) is 35.0. The Balaban J connectivity index is 0.00000420. The number of unbranched alkanes of at least 4 members (excludes halogenated alkanes) is 2. The third kappa shape index (κ3) is 6.92. The van der Waals surface area contributed by atoms with Crippen molar-refractivity contribution in [2.24, 2.45) is 5.73 Å². The van der Waals surface area contributed by atoms with Crippen molar-refractivity contribution < 1.29 is 8.78 Å². The Morgan fingerprint density at radius 1 is 0.577 bits per heavy atom. The average Bonchev–Trinajstić information content (AvgIpc) is 3.61. The molecule has 4 heterocycles. The van der Waals surface area contributed by atoms with Gasteiger partial charge in [-0.3, -0.25) is 9.97 Å². The molecule has 4 aromatic carbocycles. The van der Waals surface area contributed by atoms with Crippen LogP contribution in [-0.4, -0.2) is 24.6 Å². The summed E-state index contributed by atoms with van der Waals surface area (Å²) in [5.74, 6) is -0.472. The van der Waals surface area contributed by atoms with E-state index in [-0.39, 0.29) is 17.8 Å². The van der Waals surface area contributed by atoms with Gasteiger partial charge in [0.1, 0.15) is 11.6 Å². The number of halogens is 2. The normalized spacial score (nSPS) is 11.9. The summed E-state index contributed by atoms with van der Waals surface area (Å²) in [6.45, 7) is 3.46. The van der Waals surface area contributed by atoms with E-state index in [9.17, 15) is 8.78 Å². The molecule has 0 spiro atoms. The van der Waals surface area contributed by atoms with E-state index in [0.29, 0.717) is 25.9 Å². The van der Waals surface area contributed by atoms with Crippen LogP contribution in [-0.2, 0) is 25.9 Å². The highest BCUT2D eigenvalue weighted by Crippen LogP contribution is 2.33. The van der Waals surface area contributed by atoms with Gasteiger partial charge in [0.15, 0.2) is 0 Å². The molecule has 0 aliphatic rings. The summed E-state index contributed by atoms with van der Waals surface area (Å²) >= 11 is 0. The Morgan fingerprint density at radius 2 is 1.02 bits per heavy atom. The molecule has 0 bridgehead atoms. The summed E-state index contributed by atoms with van der Waals surface area (Å²) in [5.41, 5.74) is 15.2. The maximum Gasteiger partial charge on any atom is 0.123 e. The molecular weight excluding hydrogens is 651 g/mol. The van der Waals surface area contributed by atoms with Crippen molar-refractivity contribution >= 4 is 43.6 Å². The maximum atomic E-state index is 13.7. The fourth-order valence-corrected chi connectivity index (χ4v) is 7.74. The molecular formula is C44H44F2N6. The number of rotatable bonds is 12. The fourth-order valence-electron chi connectivity index (χ4n) is 7.74. The largest absolute Gasteiger partial charge is 0.344 e. The summed E-state index contributed by atoms with van der Waals surface area (Å²) in [4.78, 5) is 10.0. The molecule has 8 aromatic rings. The van der Waals surface area contributed by atoms with Crippen LogP contribution in [0.5, 0.6) is 0 Å². The SMILES string of the molecule is CCCCCC(N)(Cc1cc2c3ccccc3n(Cc3ccc(F)cc3)c2cn1)Cc1cc2c3ccccc3n(Cc3ccc(F)cc3)c2cn1.N. The van der Waals surface area contributed by atoms with Gasteiger partial charge in [0.25, 0.3) is 0 Å². The Labute approximate surface area is 302 Å². The van der Waals surface area contributed by atoms with Gasteiger partial charge in [0.2, 0.25) is 0 Å². The van der Waals surface area contributed by atoms with Gasteiger partial charge in [-0.15, -0.1) is 0 Å². The summed E-state index contributed by atoms with van der Waals surface area (Å²) in [5, 5.41) is 4.61. The highest BCUT2D eigenvalue weighted by Gasteiger charge is 2.28. The Hall–Kier alpha value is -5.44. The highest BCUT2D eigenvalue weighted by molar-refractivity contribution is 6.08.